The Balaban J connectivity index is 1.38. The zero-order valence-corrected chi connectivity index (χ0v) is 21.6. The van der Waals surface area contributed by atoms with E-state index in [4.69, 9.17) is 4.74 Å². The lowest BCUT2D eigenvalue weighted by atomic mass is 10.0. The quantitative estimate of drug-likeness (QED) is 0.285. The Morgan fingerprint density at radius 1 is 0.974 bits per heavy atom. The van der Waals surface area contributed by atoms with E-state index in [-0.39, 0.29) is 23.9 Å². The maximum absolute atomic E-state index is 13.7. The van der Waals surface area contributed by atoms with Gasteiger partial charge in [0.15, 0.2) is 6.10 Å². The largest absolute Gasteiger partial charge is 0.448 e. The van der Waals surface area contributed by atoms with Gasteiger partial charge in [-0.2, -0.15) is 0 Å². The van der Waals surface area contributed by atoms with Crippen molar-refractivity contribution < 1.29 is 19.1 Å². The van der Waals surface area contributed by atoms with Crippen molar-refractivity contribution in [3.8, 4) is 11.8 Å². The first kappa shape index (κ1) is 25.4. The number of thioether (sulfide) groups is 1. The van der Waals surface area contributed by atoms with Gasteiger partial charge in [0.05, 0.1) is 6.42 Å². The molecule has 0 spiro atoms. The molecule has 2 amide bonds. The molecular weight excluding hydrogens is 496 g/mol. The fourth-order valence-electron chi connectivity index (χ4n) is 4.61. The minimum atomic E-state index is -0.714. The third-order valence-electron chi connectivity index (χ3n) is 6.39. The molecule has 1 saturated heterocycles. The highest BCUT2D eigenvalue weighted by Crippen LogP contribution is 2.41. The van der Waals surface area contributed by atoms with E-state index in [1.807, 2.05) is 91.0 Å². The predicted molar refractivity (Wildman–Crippen MR) is 146 cm³/mol. The van der Waals surface area contributed by atoms with Crippen molar-refractivity contribution in [2.75, 3.05) is 5.75 Å². The van der Waals surface area contributed by atoms with Crippen molar-refractivity contribution in [1.29, 1.82) is 0 Å². The van der Waals surface area contributed by atoms with Crippen molar-refractivity contribution in [2.24, 2.45) is 0 Å². The number of benzene rings is 3. The SMILES string of the molecule is CC#CC1=C(C(=O)OC(c2ccccc2)c2ccccc2)N2C(=O)C(NC(=O)Cc3ccccc3)[C@H]2SC1. The van der Waals surface area contributed by atoms with Crippen molar-refractivity contribution in [3.05, 3.63) is 119 Å². The fraction of sp³-hybridized carbons (Fsp3) is 0.194. The first-order valence-electron chi connectivity index (χ1n) is 12.3. The number of carbonyl (C=O) groups is 3. The van der Waals surface area contributed by atoms with Gasteiger partial charge in [-0.15, -0.1) is 17.7 Å². The van der Waals surface area contributed by atoms with Gasteiger partial charge in [-0.3, -0.25) is 14.5 Å². The molecule has 0 saturated carbocycles. The molecule has 1 unspecified atom stereocenters. The van der Waals surface area contributed by atoms with Gasteiger partial charge in [0, 0.05) is 11.3 Å². The molecular formula is C31H26N2O4S. The van der Waals surface area contributed by atoms with Gasteiger partial charge in [0.25, 0.3) is 5.91 Å². The van der Waals surface area contributed by atoms with Crippen molar-refractivity contribution >= 4 is 29.5 Å². The second kappa shape index (κ2) is 11.4. The van der Waals surface area contributed by atoms with Gasteiger partial charge in [0.1, 0.15) is 17.1 Å². The lowest BCUT2D eigenvalue weighted by molar-refractivity contribution is -0.154. The van der Waals surface area contributed by atoms with Crippen LogP contribution in [0.25, 0.3) is 0 Å². The average molecular weight is 523 g/mol. The third kappa shape index (κ3) is 5.22. The van der Waals surface area contributed by atoms with Gasteiger partial charge in [-0.25, -0.2) is 4.79 Å². The Hall–Kier alpha value is -4.28. The first-order valence-corrected chi connectivity index (χ1v) is 13.4. The topological polar surface area (TPSA) is 75.7 Å². The summed E-state index contributed by atoms with van der Waals surface area (Å²) in [4.78, 5) is 41.1. The number of ether oxygens (including phenoxy) is 1. The summed E-state index contributed by atoms with van der Waals surface area (Å²) in [6.07, 6.45) is -0.478. The van der Waals surface area contributed by atoms with Crippen LogP contribution < -0.4 is 5.32 Å². The Labute approximate surface area is 226 Å². The number of hydrogen-bond donors (Lipinski definition) is 1. The Bertz CT molecular complexity index is 1390. The van der Waals surface area contributed by atoms with Gasteiger partial charge >= 0.3 is 5.97 Å². The summed E-state index contributed by atoms with van der Waals surface area (Å²) in [5.74, 6) is 5.07. The maximum Gasteiger partial charge on any atom is 0.357 e. The van der Waals surface area contributed by atoms with Crippen LogP contribution in [0.1, 0.15) is 29.7 Å². The summed E-state index contributed by atoms with van der Waals surface area (Å²) < 4.78 is 6.08. The molecule has 2 aliphatic heterocycles. The summed E-state index contributed by atoms with van der Waals surface area (Å²) in [6.45, 7) is 1.69. The number of esters is 1. The van der Waals surface area contributed by atoms with Crippen LogP contribution in [0.15, 0.2) is 102 Å². The predicted octanol–water partition coefficient (Wildman–Crippen LogP) is 4.24. The minimum Gasteiger partial charge on any atom is -0.448 e. The summed E-state index contributed by atoms with van der Waals surface area (Å²) in [7, 11) is 0. The van der Waals surface area contributed by atoms with E-state index in [2.05, 4.69) is 17.2 Å². The van der Waals surface area contributed by atoms with Crippen molar-refractivity contribution in [1.82, 2.24) is 10.2 Å². The van der Waals surface area contributed by atoms with Crippen LogP contribution in [0.2, 0.25) is 0 Å². The number of fused-ring (bicyclic) bond motifs is 1. The fourth-order valence-corrected chi connectivity index (χ4v) is 5.89. The lowest BCUT2D eigenvalue weighted by Crippen LogP contribution is -2.70. The summed E-state index contributed by atoms with van der Waals surface area (Å²) in [5.41, 5.74) is 3.19. The van der Waals surface area contributed by atoms with Gasteiger partial charge < -0.3 is 10.1 Å². The Morgan fingerprint density at radius 3 is 2.13 bits per heavy atom. The molecule has 0 aliphatic carbocycles. The van der Waals surface area contributed by atoms with E-state index in [0.717, 1.165) is 16.7 Å². The number of nitrogens with one attached hydrogen (secondary N) is 1. The smallest absolute Gasteiger partial charge is 0.357 e. The molecule has 5 rings (SSSR count). The highest BCUT2D eigenvalue weighted by Gasteiger charge is 2.54. The molecule has 3 aromatic carbocycles. The average Bonchev–Trinajstić information content (AvgIpc) is 2.96. The Kier molecular flexibility index (Phi) is 7.62. The van der Waals surface area contributed by atoms with Crippen LogP contribution in [-0.4, -0.2) is 39.9 Å². The van der Waals surface area contributed by atoms with Crippen molar-refractivity contribution in [3.63, 3.8) is 0 Å². The second-order valence-electron chi connectivity index (χ2n) is 8.93. The number of carbonyl (C=O) groups excluding carboxylic acids is 3. The number of amides is 2. The molecule has 190 valence electrons. The molecule has 2 aliphatic rings. The lowest BCUT2D eigenvalue weighted by Gasteiger charge is -2.49. The standard InChI is InChI=1S/C31H26N2O4S/c1-2-12-24-20-38-30-26(32-25(34)19-21-13-6-3-7-14-21)29(35)33(30)27(24)31(36)37-28(22-15-8-4-9-16-22)23-17-10-5-11-18-23/h3-11,13-18,26,28,30H,19-20H2,1H3,(H,32,34)/t26?,30-/m1/s1. The van der Waals surface area contributed by atoms with Crippen LogP contribution in [0.3, 0.4) is 0 Å². The zero-order chi connectivity index (χ0) is 26.5. The molecule has 2 heterocycles. The van der Waals surface area contributed by atoms with E-state index in [9.17, 15) is 14.4 Å². The molecule has 1 fully saturated rings. The monoisotopic (exact) mass is 522 g/mol. The molecule has 3 aromatic rings. The molecule has 0 aromatic heterocycles. The van der Waals surface area contributed by atoms with E-state index < -0.39 is 23.5 Å². The second-order valence-corrected chi connectivity index (χ2v) is 10.0. The molecule has 38 heavy (non-hydrogen) atoms. The molecule has 0 bridgehead atoms. The van der Waals surface area contributed by atoms with E-state index in [1.54, 1.807) is 6.92 Å². The Morgan fingerprint density at radius 2 is 1.55 bits per heavy atom. The summed E-state index contributed by atoms with van der Waals surface area (Å²) >= 11 is 1.48. The van der Waals surface area contributed by atoms with Crippen LogP contribution >= 0.6 is 11.8 Å². The molecule has 2 atom stereocenters. The van der Waals surface area contributed by atoms with E-state index in [0.29, 0.717) is 11.3 Å². The highest BCUT2D eigenvalue weighted by atomic mass is 32.2. The summed E-state index contributed by atoms with van der Waals surface area (Å²) in [6, 6.07) is 27.6. The van der Waals surface area contributed by atoms with Gasteiger partial charge in [0.2, 0.25) is 5.91 Å². The number of rotatable bonds is 7. The molecule has 1 N–H and O–H groups in total. The maximum atomic E-state index is 13.7. The zero-order valence-electron chi connectivity index (χ0n) is 20.8. The molecule has 7 heteroatoms. The van der Waals surface area contributed by atoms with Crippen LogP contribution in [-0.2, 0) is 25.5 Å². The first-order chi connectivity index (χ1) is 18.6. The normalized spacial score (nSPS) is 18.2. The third-order valence-corrected chi connectivity index (χ3v) is 7.67. The van der Waals surface area contributed by atoms with Gasteiger partial charge in [-0.05, 0) is 23.6 Å². The van der Waals surface area contributed by atoms with Crippen LogP contribution in [0.4, 0.5) is 0 Å². The number of nitrogens with zero attached hydrogens (tertiary/aromatic N) is 1. The van der Waals surface area contributed by atoms with Crippen LogP contribution in [0.5, 0.6) is 0 Å². The van der Waals surface area contributed by atoms with Crippen molar-refractivity contribution in [2.45, 2.75) is 30.9 Å². The minimum absolute atomic E-state index is 0.151. The number of β-lactam (4-membered cyclic amide) rings is 1. The summed E-state index contributed by atoms with van der Waals surface area (Å²) in [5, 5.41) is 2.45. The molecule has 0 radical (unpaired) electrons. The number of hydrogen-bond acceptors (Lipinski definition) is 5. The highest BCUT2D eigenvalue weighted by molar-refractivity contribution is 8.00. The molecule has 6 nitrogen and oxygen atoms in total. The van der Waals surface area contributed by atoms with E-state index in [1.165, 1.54) is 16.7 Å². The van der Waals surface area contributed by atoms with Gasteiger partial charge in [-0.1, -0.05) is 96.9 Å². The van der Waals surface area contributed by atoms with E-state index >= 15 is 0 Å². The van der Waals surface area contributed by atoms with Crippen LogP contribution in [0, 0.1) is 11.8 Å².